The average Bonchev–Trinajstić information content (AvgIpc) is 2.89. The molecule has 5 heterocycles. The highest BCUT2D eigenvalue weighted by molar-refractivity contribution is 9.10. The lowest BCUT2D eigenvalue weighted by molar-refractivity contribution is 0.590. The van der Waals surface area contributed by atoms with Crippen molar-refractivity contribution in [1.29, 1.82) is 0 Å². The van der Waals surface area contributed by atoms with E-state index in [1.807, 2.05) is 19.9 Å². The van der Waals surface area contributed by atoms with Crippen LogP contribution in [0.25, 0.3) is 11.5 Å². The number of nitrogens with zero attached hydrogens (tertiary/aromatic N) is 1. The van der Waals surface area contributed by atoms with Crippen LogP contribution in [0.1, 0.15) is 11.3 Å². The van der Waals surface area contributed by atoms with Gasteiger partial charge in [0.1, 0.15) is 5.69 Å². The van der Waals surface area contributed by atoms with Gasteiger partial charge in [0.25, 0.3) is 0 Å². The highest BCUT2D eigenvalue weighted by atomic mass is 79.9. The van der Waals surface area contributed by atoms with Crippen molar-refractivity contribution < 1.29 is 8.98 Å². The van der Waals surface area contributed by atoms with Crippen LogP contribution in [-0.4, -0.2) is 4.98 Å². The zero-order chi connectivity index (χ0) is 11.2. The molecule has 0 aliphatic carbocycles. The van der Waals surface area contributed by atoms with Crippen LogP contribution >= 0.6 is 23.1 Å². The van der Waals surface area contributed by atoms with E-state index in [4.69, 9.17) is 4.42 Å². The van der Waals surface area contributed by atoms with Crippen LogP contribution in [0.4, 0.5) is 0 Å². The van der Waals surface area contributed by atoms with Gasteiger partial charge in [-0.05, 0) is 41.4 Å². The van der Waals surface area contributed by atoms with Crippen molar-refractivity contribution in [2.75, 3.05) is 0 Å². The van der Waals surface area contributed by atoms with Crippen molar-refractivity contribution in [3.05, 3.63) is 21.8 Å². The molecule has 0 aromatic carbocycles. The van der Waals surface area contributed by atoms with E-state index < -0.39 is 7.14 Å². The number of hydrogen-bond donors (Lipinski definition) is 0. The molecule has 1 atom stereocenters. The topological polar surface area (TPSA) is 43.1 Å². The fourth-order valence-corrected chi connectivity index (χ4v) is 4.90. The summed E-state index contributed by atoms with van der Waals surface area (Å²) in [6, 6.07) is 1.97. The number of rotatable bonds is 1. The largest absolute Gasteiger partial charge is 0.449 e. The van der Waals surface area contributed by atoms with Crippen molar-refractivity contribution in [1.82, 2.24) is 4.98 Å². The maximum atomic E-state index is 11.9. The normalized spacial score (nSPS) is 23.2. The lowest BCUT2D eigenvalue weighted by Crippen LogP contribution is -1.98. The minimum atomic E-state index is -2.12. The number of halogens is 1. The molecular formula is C11H7BrNO2P. The molecule has 3 nitrogen and oxygen atoms in total. The second-order valence-corrected chi connectivity index (χ2v) is 7.58. The summed E-state index contributed by atoms with van der Waals surface area (Å²) in [6.45, 7) is 3.96. The van der Waals surface area contributed by atoms with E-state index in [1.165, 1.54) is 0 Å². The number of furan rings is 1. The maximum absolute atomic E-state index is 11.9. The van der Waals surface area contributed by atoms with Gasteiger partial charge in [0, 0.05) is 4.47 Å². The molecule has 3 aliphatic heterocycles. The molecule has 2 bridgehead atoms. The zero-order valence-corrected chi connectivity index (χ0v) is 11.1. The van der Waals surface area contributed by atoms with Crippen molar-refractivity contribution >= 4 is 39.2 Å². The molecule has 0 fully saturated rings. The first-order valence-electron chi connectivity index (χ1n) is 4.98. The Morgan fingerprint density at radius 1 is 1.38 bits per heavy atom. The minimum Gasteiger partial charge on any atom is -0.449 e. The number of aryl methyl sites for hydroxylation is 2. The molecule has 0 N–H and O–H groups in total. The first-order chi connectivity index (χ1) is 7.55. The van der Waals surface area contributed by atoms with E-state index in [0.717, 1.165) is 43.3 Å². The van der Waals surface area contributed by atoms with Crippen LogP contribution in [0.5, 0.6) is 0 Å². The summed E-state index contributed by atoms with van der Waals surface area (Å²) in [5, 5.41) is 1.93. The maximum Gasteiger partial charge on any atom is 0.214 e. The monoisotopic (exact) mass is 295 g/mol. The Morgan fingerprint density at radius 2 is 2.06 bits per heavy atom. The van der Waals surface area contributed by atoms with Gasteiger partial charge >= 0.3 is 0 Å². The molecule has 0 spiro atoms. The van der Waals surface area contributed by atoms with E-state index in [2.05, 4.69) is 20.9 Å². The van der Waals surface area contributed by atoms with Crippen molar-refractivity contribution in [2.24, 2.45) is 0 Å². The lowest BCUT2D eigenvalue weighted by Gasteiger charge is -2.04. The van der Waals surface area contributed by atoms with Gasteiger partial charge < -0.3 is 8.98 Å². The number of aromatic nitrogens is 1. The van der Waals surface area contributed by atoms with E-state index in [-0.39, 0.29) is 0 Å². The Morgan fingerprint density at radius 3 is 2.56 bits per heavy atom. The van der Waals surface area contributed by atoms with E-state index in [0.29, 0.717) is 0 Å². The summed E-state index contributed by atoms with van der Waals surface area (Å²) >= 11 is 3.48. The summed E-state index contributed by atoms with van der Waals surface area (Å²) < 4.78 is 18.4. The Balaban J connectivity index is 1.95. The third-order valence-corrected chi connectivity index (χ3v) is 6.95. The third-order valence-electron chi connectivity index (χ3n) is 3.19. The predicted molar refractivity (Wildman–Crippen MR) is 65.6 cm³/mol. The minimum absolute atomic E-state index is 0.729. The fraction of sp³-hybridized carbons (Fsp3) is 0.182. The molecule has 5 rings (SSSR count). The molecule has 0 amide bonds. The summed E-state index contributed by atoms with van der Waals surface area (Å²) in [7, 11) is -2.12. The molecule has 80 valence electrons. The standard InChI is InChI=1S/C11H7BrNO2P/c1-4-3-6(13-5(2)7(4)12)8-9-10-11(15-8)16(9,10)14/h3H,1-2H3. The summed E-state index contributed by atoms with van der Waals surface area (Å²) in [6.07, 6.45) is 0. The molecule has 16 heavy (non-hydrogen) atoms. The quantitative estimate of drug-likeness (QED) is 0.504. The van der Waals surface area contributed by atoms with E-state index in [9.17, 15) is 4.57 Å². The fourth-order valence-electron chi connectivity index (χ4n) is 2.21. The highest BCUT2D eigenvalue weighted by Crippen LogP contribution is 2.70. The Labute approximate surface area is 100 Å². The predicted octanol–water partition coefficient (Wildman–Crippen LogP) is 1.99. The number of pyridine rings is 1. The molecular weight excluding hydrogens is 289 g/mol. The van der Waals surface area contributed by atoms with Gasteiger partial charge in [-0.3, -0.25) is 0 Å². The Hall–Kier alpha value is -0.860. The average molecular weight is 296 g/mol. The van der Waals surface area contributed by atoms with Gasteiger partial charge in [0.15, 0.2) is 11.3 Å². The number of hydrogen-bond acceptors (Lipinski definition) is 3. The number of fused-ring (bicyclic) bond motifs is 1. The molecule has 1 unspecified atom stereocenters. The van der Waals surface area contributed by atoms with Crippen LogP contribution in [0, 0.1) is 13.8 Å². The summed E-state index contributed by atoms with van der Waals surface area (Å²) in [5.74, 6) is 0.729. The first kappa shape index (κ1) is 9.20. The molecule has 5 heteroatoms. The van der Waals surface area contributed by atoms with Crippen LogP contribution in [0.15, 0.2) is 15.0 Å². The van der Waals surface area contributed by atoms with Crippen molar-refractivity contribution in [2.45, 2.75) is 13.8 Å². The second-order valence-electron chi connectivity index (χ2n) is 4.27. The van der Waals surface area contributed by atoms with Gasteiger partial charge in [-0.15, -0.1) is 0 Å². The smallest absolute Gasteiger partial charge is 0.214 e. The molecule has 0 saturated heterocycles. The van der Waals surface area contributed by atoms with E-state index >= 15 is 0 Å². The van der Waals surface area contributed by atoms with E-state index in [1.54, 1.807) is 0 Å². The van der Waals surface area contributed by atoms with Gasteiger partial charge in [0.2, 0.25) is 7.14 Å². The summed E-state index contributed by atoms with van der Waals surface area (Å²) in [5.41, 5.74) is 3.58. The van der Waals surface area contributed by atoms with Gasteiger partial charge in [-0.2, -0.15) is 0 Å². The Kier molecular flexibility index (Phi) is 1.36. The molecule has 0 saturated carbocycles. The highest BCUT2D eigenvalue weighted by Gasteiger charge is 2.74. The van der Waals surface area contributed by atoms with Crippen LogP contribution in [0.2, 0.25) is 0 Å². The van der Waals surface area contributed by atoms with Crippen molar-refractivity contribution in [3.8, 4) is 11.5 Å². The van der Waals surface area contributed by atoms with Crippen LogP contribution < -0.4 is 16.1 Å². The first-order valence-corrected chi connectivity index (χ1v) is 7.47. The summed E-state index contributed by atoms with van der Waals surface area (Å²) in [4.78, 5) is 4.46. The van der Waals surface area contributed by atoms with Crippen LogP contribution in [0.3, 0.4) is 0 Å². The molecule has 2 aromatic heterocycles. The zero-order valence-electron chi connectivity index (χ0n) is 8.67. The molecule has 3 aliphatic rings. The van der Waals surface area contributed by atoms with Crippen LogP contribution in [-0.2, 0) is 4.57 Å². The SMILES string of the molecule is Cc1cc(-c2oc3c4c2P34=O)nc(C)c1Br. The van der Waals surface area contributed by atoms with Gasteiger partial charge in [-0.1, -0.05) is 0 Å². The van der Waals surface area contributed by atoms with Gasteiger partial charge in [0.05, 0.1) is 16.3 Å². The second kappa shape index (κ2) is 2.36. The molecule has 2 aromatic rings. The lowest BCUT2D eigenvalue weighted by atomic mass is 10.2. The van der Waals surface area contributed by atoms with Crippen molar-refractivity contribution in [3.63, 3.8) is 0 Å². The third kappa shape index (κ3) is 0.802. The van der Waals surface area contributed by atoms with Gasteiger partial charge in [-0.25, -0.2) is 4.98 Å². The molecule has 0 radical (unpaired) electrons. The Bertz CT molecular complexity index is 700.